The van der Waals surface area contributed by atoms with Crippen LogP contribution < -0.4 is 10.5 Å². The van der Waals surface area contributed by atoms with Crippen LogP contribution in [0, 0.1) is 0 Å². The Morgan fingerprint density at radius 1 is 1.00 bits per heavy atom. The molecule has 1 aromatic carbocycles. The number of hydrogen-bond acceptors (Lipinski definition) is 3. The summed E-state index contributed by atoms with van der Waals surface area (Å²) in [4.78, 5) is 4.14. The van der Waals surface area contributed by atoms with E-state index in [0.29, 0.717) is 11.6 Å². The van der Waals surface area contributed by atoms with E-state index in [1.165, 1.54) is 30.4 Å². The third kappa shape index (κ3) is 2.30. The molecule has 1 heterocycles. The van der Waals surface area contributed by atoms with Gasteiger partial charge in [-0.1, -0.05) is 6.07 Å². The van der Waals surface area contributed by atoms with Crippen molar-refractivity contribution in [2.24, 2.45) is 0 Å². The number of fused-ring (bicyclic) bond motifs is 1. The van der Waals surface area contributed by atoms with Gasteiger partial charge in [0.2, 0.25) is 5.88 Å². The zero-order valence-corrected chi connectivity index (χ0v) is 10.2. The van der Waals surface area contributed by atoms with E-state index in [-0.39, 0.29) is 0 Å². The molecule has 18 heavy (non-hydrogen) atoms. The average molecular weight is 240 g/mol. The normalized spacial score (nSPS) is 14.0. The number of hydrogen-bond donors (Lipinski definition) is 1. The lowest BCUT2D eigenvalue weighted by Gasteiger charge is -2.16. The van der Waals surface area contributed by atoms with Gasteiger partial charge < -0.3 is 10.5 Å². The second-order valence-corrected chi connectivity index (χ2v) is 4.67. The lowest BCUT2D eigenvalue weighted by atomic mass is 9.92. The van der Waals surface area contributed by atoms with Crippen LogP contribution >= 0.6 is 0 Å². The second-order valence-electron chi connectivity index (χ2n) is 4.67. The van der Waals surface area contributed by atoms with Crippen LogP contribution in [0.2, 0.25) is 0 Å². The number of nitrogens with zero attached hydrogens (tertiary/aromatic N) is 1. The number of rotatable bonds is 2. The molecule has 3 rings (SSSR count). The SMILES string of the molecule is Nc1ccnc(Oc2ccc3c(c2)CCCC3)c1. The van der Waals surface area contributed by atoms with Crippen molar-refractivity contribution in [3.05, 3.63) is 47.7 Å². The van der Waals surface area contributed by atoms with Crippen LogP contribution in [0.15, 0.2) is 36.5 Å². The van der Waals surface area contributed by atoms with Crippen LogP contribution in [-0.4, -0.2) is 4.98 Å². The van der Waals surface area contributed by atoms with E-state index in [9.17, 15) is 0 Å². The molecule has 1 aliphatic carbocycles. The molecule has 2 N–H and O–H groups in total. The molecule has 0 radical (unpaired) electrons. The van der Waals surface area contributed by atoms with Gasteiger partial charge in [-0.25, -0.2) is 4.98 Å². The Bertz CT molecular complexity index is 566. The molecule has 0 spiro atoms. The molecule has 0 aliphatic heterocycles. The third-order valence-electron chi connectivity index (χ3n) is 3.30. The van der Waals surface area contributed by atoms with Gasteiger partial charge in [-0.05, 0) is 55.0 Å². The van der Waals surface area contributed by atoms with Crippen LogP contribution in [0.3, 0.4) is 0 Å². The molecule has 0 fully saturated rings. The molecule has 3 heteroatoms. The fourth-order valence-corrected chi connectivity index (χ4v) is 2.37. The van der Waals surface area contributed by atoms with Gasteiger partial charge >= 0.3 is 0 Å². The Morgan fingerprint density at radius 2 is 1.83 bits per heavy atom. The highest BCUT2D eigenvalue weighted by atomic mass is 16.5. The van der Waals surface area contributed by atoms with E-state index in [2.05, 4.69) is 17.1 Å². The van der Waals surface area contributed by atoms with Gasteiger partial charge in [-0.3, -0.25) is 0 Å². The van der Waals surface area contributed by atoms with E-state index in [0.717, 1.165) is 12.2 Å². The molecule has 0 amide bonds. The molecule has 0 saturated carbocycles. The van der Waals surface area contributed by atoms with Crippen molar-refractivity contribution in [2.45, 2.75) is 25.7 Å². The molecule has 0 unspecified atom stereocenters. The average Bonchev–Trinajstić information content (AvgIpc) is 2.39. The highest BCUT2D eigenvalue weighted by molar-refractivity contribution is 5.42. The summed E-state index contributed by atoms with van der Waals surface area (Å²) in [5.74, 6) is 1.39. The number of pyridine rings is 1. The number of anilines is 1. The smallest absolute Gasteiger partial charge is 0.221 e. The van der Waals surface area contributed by atoms with Gasteiger partial charge in [-0.2, -0.15) is 0 Å². The molecule has 2 aromatic rings. The fourth-order valence-electron chi connectivity index (χ4n) is 2.37. The zero-order valence-electron chi connectivity index (χ0n) is 10.2. The molecule has 0 saturated heterocycles. The first-order valence-corrected chi connectivity index (χ1v) is 6.32. The Balaban J connectivity index is 1.85. The summed E-state index contributed by atoms with van der Waals surface area (Å²) in [6, 6.07) is 9.78. The molecule has 0 bridgehead atoms. The largest absolute Gasteiger partial charge is 0.439 e. The lowest BCUT2D eigenvalue weighted by Crippen LogP contribution is -2.02. The Kier molecular flexibility index (Phi) is 2.89. The Hall–Kier alpha value is -2.03. The van der Waals surface area contributed by atoms with Crippen LogP contribution in [0.5, 0.6) is 11.6 Å². The van der Waals surface area contributed by atoms with Crippen molar-refractivity contribution >= 4 is 5.69 Å². The predicted molar refractivity (Wildman–Crippen MR) is 71.8 cm³/mol. The van der Waals surface area contributed by atoms with Crippen molar-refractivity contribution in [2.75, 3.05) is 5.73 Å². The van der Waals surface area contributed by atoms with Crippen molar-refractivity contribution in [3.8, 4) is 11.6 Å². The van der Waals surface area contributed by atoms with E-state index in [4.69, 9.17) is 10.5 Å². The van der Waals surface area contributed by atoms with E-state index < -0.39 is 0 Å². The molecule has 92 valence electrons. The molecule has 1 aromatic heterocycles. The Morgan fingerprint density at radius 3 is 2.67 bits per heavy atom. The highest BCUT2D eigenvalue weighted by Crippen LogP contribution is 2.27. The summed E-state index contributed by atoms with van der Waals surface area (Å²) < 4.78 is 5.73. The van der Waals surface area contributed by atoms with Crippen molar-refractivity contribution in [3.63, 3.8) is 0 Å². The molecular formula is C15H16N2O. The summed E-state index contributed by atoms with van der Waals surface area (Å²) in [5.41, 5.74) is 9.23. The fraction of sp³-hybridized carbons (Fsp3) is 0.267. The molecule has 0 atom stereocenters. The van der Waals surface area contributed by atoms with Crippen LogP contribution in [0.25, 0.3) is 0 Å². The number of ether oxygens (including phenoxy) is 1. The maximum Gasteiger partial charge on any atom is 0.221 e. The Labute approximate surface area is 107 Å². The topological polar surface area (TPSA) is 48.1 Å². The second kappa shape index (κ2) is 4.69. The maximum atomic E-state index is 5.73. The summed E-state index contributed by atoms with van der Waals surface area (Å²) in [6.45, 7) is 0. The first-order valence-electron chi connectivity index (χ1n) is 6.32. The van der Waals surface area contributed by atoms with Crippen molar-refractivity contribution in [1.82, 2.24) is 4.98 Å². The van der Waals surface area contributed by atoms with Gasteiger partial charge in [0.25, 0.3) is 0 Å². The number of benzene rings is 1. The number of aryl methyl sites for hydroxylation is 2. The van der Waals surface area contributed by atoms with Crippen molar-refractivity contribution in [1.29, 1.82) is 0 Å². The van der Waals surface area contributed by atoms with Gasteiger partial charge in [0, 0.05) is 18.0 Å². The predicted octanol–water partition coefficient (Wildman–Crippen LogP) is 3.33. The minimum atomic E-state index is 0.547. The summed E-state index contributed by atoms with van der Waals surface area (Å²) >= 11 is 0. The van der Waals surface area contributed by atoms with E-state index in [1.807, 2.05) is 6.07 Å². The zero-order chi connectivity index (χ0) is 12.4. The van der Waals surface area contributed by atoms with Crippen LogP contribution in [0.4, 0.5) is 5.69 Å². The lowest BCUT2D eigenvalue weighted by molar-refractivity contribution is 0.461. The van der Waals surface area contributed by atoms with E-state index in [1.54, 1.807) is 18.3 Å². The van der Waals surface area contributed by atoms with Gasteiger partial charge in [0.05, 0.1) is 0 Å². The van der Waals surface area contributed by atoms with Gasteiger partial charge in [0.15, 0.2) is 0 Å². The third-order valence-corrected chi connectivity index (χ3v) is 3.30. The van der Waals surface area contributed by atoms with E-state index >= 15 is 0 Å². The van der Waals surface area contributed by atoms with Crippen molar-refractivity contribution < 1.29 is 4.74 Å². The quantitative estimate of drug-likeness (QED) is 0.875. The summed E-state index contributed by atoms with van der Waals surface area (Å²) in [6.07, 6.45) is 6.56. The van der Waals surface area contributed by atoms with Gasteiger partial charge in [-0.15, -0.1) is 0 Å². The molecule has 3 nitrogen and oxygen atoms in total. The number of nitrogen functional groups attached to an aromatic ring is 1. The summed E-state index contributed by atoms with van der Waals surface area (Å²) in [7, 11) is 0. The van der Waals surface area contributed by atoms with Gasteiger partial charge in [0.1, 0.15) is 5.75 Å². The monoisotopic (exact) mass is 240 g/mol. The molecular weight excluding hydrogens is 224 g/mol. The standard InChI is InChI=1S/C15H16N2O/c16-13-7-8-17-15(10-13)18-14-6-5-11-3-1-2-4-12(11)9-14/h5-10H,1-4H2,(H2,16,17). The number of nitrogens with two attached hydrogens (primary N) is 1. The van der Waals surface area contributed by atoms with Crippen LogP contribution in [0.1, 0.15) is 24.0 Å². The number of aromatic nitrogens is 1. The minimum absolute atomic E-state index is 0.547. The highest BCUT2D eigenvalue weighted by Gasteiger charge is 2.10. The first-order chi connectivity index (χ1) is 8.81. The first kappa shape index (κ1) is 11.1. The summed E-state index contributed by atoms with van der Waals surface area (Å²) in [5, 5.41) is 0. The molecule has 1 aliphatic rings. The minimum Gasteiger partial charge on any atom is -0.439 e. The van der Waals surface area contributed by atoms with Crippen LogP contribution in [-0.2, 0) is 12.8 Å². The maximum absolute atomic E-state index is 5.73.